The minimum atomic E-state index is -0.764. The van der Waals surface area contributed by atoms with E-state index in [9.17, 15) is 4.79 Å². The van der Waals surface area contributed by atoms with Crippen molar-refractivity contribution in [1.29, 1.82) is 0 Å². The number of hydrogen-bond donors (Lipinski definition) is 0. The van der Waals surface area contributed by atoms with E-state index in [1.165, 1.54) is 0 Å². The van der Waals surface area contributed by atoms with Gasteiger partial charge in [-0.1, -0.05) is 13.3 Å². The van der Waals surface area contributed by atoms with Gasteiger partial charge in [-0.15, -0.1) is 0 Å². The van der Waals surface area contributed by atoms with Crippen molar-refractivity contribution in [3.63, 3.8) is 0 Å². The Labute approximate surface area is 66.4 Å². The molecule has 0 heterocycles. The highest BCUT2D eigenvalue weighted by Crippen LogP contribution is 1.91. The largest absolute Gasteiger partial charge is 0.540 e. The molecule has 4 heteroatoms. The summed E-state index contributed by atoms with van der Waals surface area (Å²) in [5.74, 6) is 0. The Hall–Kier alpha value is -0.770. The van der Waals surface area contributed by atoms with Crippen LogP contribution in [0.5, 0.6) is 0 Å². The normalized spacial score (nSPS) is 9.27. The van der Waals surface area contributed by atoms with Crippen LogP contribution >= 0.6 is 0 Å². The first-order valence-corrected chi connectivity index (χ1v) is 3.77. The van der Waals surface area contributed by atoms with Gasteiger partial charge in [-0.3, -0.25) is 4.89 Å². The van der Waals surface area contributed by atoms with Gasteiger partial charge >= 0.3 is 6.16 Å². The molecule has 4 nitrogen and oxygen atoms in total. The van der Waals surface area contributed by atoms with Crippen LogP contribution in [0, 0.1) is 0 Å². The maximum Gasteiger partial charge on any atom is 0.540 e. The Morgan fingerprint density at radius 2 is 2.09 bits per heavy atom. The summed E-state index contributed by atoms with van der Waals surface area (Å²) in [4.78, 5) is 19.0. The molecule has 0 aromatic rings. The predicted octanol–water partition coefficient (Wildman–Crippen LogP) is 1.89. The topological polar surface area (TPSA) is 44.8 Å². The molecule has 0 unspecified atom stereocenters. The third kappa shape index (κ3) is 7.12. The number of carbonyl (C=O) groups is 1. The maximum absolute atomic E-state index is 10.5. The quantitative estimate of drug-likeness (QED) is 0.268. The highest BCUT2D eigenvalue weighted by atomic mass is 17.2. The molecule has 0 aliphatic carbocycles. The number of unbranched alkanes of at least 4 members (excludes halogenated alkanes) is 1. The second-order valence-corrected chi connectivity index (χ2v) is 1.94. The van der Waals surface area contributed by atoms with E-state index in [1.54, 1.807) is 6.92 Å². The fourth-order valence-electron chi connectivity index (χ4n) is 0.431. The molecule has 0 amide bonds. The van der Waals surface area contributed by atoms with Crippen LogP contribution in [0.2, 0.25) is 0 Å². The molecule has 0 atom stereocenters. The summed E-state index contributed by atoms with van der Waals surface area (Å²) in [5, 5.41) is 0. The first-order valence-electron chi connectivity index (χ1n) is 3.77. The van der Waals surface area contributed by atoms with Crippen LogP contribution in [0.4, 0.5) is 4.79 Å². The molecule has 0 aliphatic rings. The molecule has 0 spiro atoms. The molecular weight excluding hydrogens is 148 g/mol. The Bertz CT molecular complexity index is 103. The molecule has 0 saturated carbocycles. The van der Waals surface area contributed by atoms with Gasteiger partial charge in [0.25, 0.3) is 0 Å². The Kier molecular flexibility index (Phi) is 6.82. The Morgan fingerprint density at radius 3 is 2.64 bits per heavy atom. The summed E-state index contributed by atoms with van der Waals surface area (Å²) in [6.07, 6.45) is 1.07. The third-order valence-corrected chi connectivity index (χ3v) is 0.963. The maximum atomic E-state index is 10.5. The summed E-state index contributed by atoms with van der Waals surface area (Å²) in [5.41, 5.74) is 0. The summed E-state index contributed by atoms with van der Waals surface area (Å²) >= 11 is 0. The van der Waals surface area contributed by atoms with Gasteiger partial charge < -0.3 is 4.74 Å². The molecule has 0 N–H and O–H groups in total. The van der Waals surface area contributed by atoms with Crippen molar-refractivity contribution in [2.45, 2.75) is 26.7 Å². The second kappa shape index (κ2) is 7.34. The Morgan fingerprint density at radius 1 is 1.36 bits per heavy atom. The van der Waals surface area contributed by atoms with Gasteiger partial charge in [-0.05, 0) is 13.3 Å². The smallest absolute Gasteiger partial charge is 0.432 e. The number of hydrogen-bond acceptors (Lipinski definition) is 4. The lowest BCUT2D eigenvalue weighted by Gasteiger charge is -2.01. The number of rotatable bonds is 5. The minimum Gasteiger partial charge on any atom is -0.432 e. The van der Waals surface area contributed by atoms with Crippen LogP contribution in [-0.2, 0) is 14.5 Å². The average molecular weight is 162 g/mol. The van der Waals surface area contributed by atoms with Gasteiger partial charge in [-0.25, -0.2) is 4.79 Å². The van der Waals surface area contributed by atoms with Gasteiger partial charge in [0.05, 0.1) is 13.2 Å². The number of ether oxygens (including phenoxy) is 1. The first-order chi connectivity index (χ1) is 5.31. The van der Waals surface area contributed by atoms with E-state index in [4.69, 9.17) is 0 Å². The highest BCUT2D eigenvalue weighted by molar-refractivity contribution is 5.58. The van der Waals surface area contributed by atoms with Crippen LogP contribution in [0.1, 0.15) is 26.7 Å². The monoisotopic (exact) mass is 162 g/mol. The lowest BCUT2D eigenvalue weighted by Crippen LogP contribution is -2.08. The van der Waals surface area contributed by atoms with Gasteiger partial charge in [0, 0.05) is 0 Å². The van der Waals surface area contributed by atoms with Gasteiger partial charge in [0.2, 0.25) is 0 Å². The van der Waals surface area contributed by atoms with Crippen LogP contribution in [0.25, 0.3) is 0 Å². The van der Waals surface area contributed by atoms with Crippen molar-refractivity contribution in [2.24, 2.45) is 0 Å². The predicted molar refractivity (Wildman–Crippen MR) is 39.0 cm³/mol. The Balaban J connectivity index is 3.09. The van der Waals surface area contributed by atoms with Crippen LogP contribution in [0.15, 0.2) is 0 Å². The zero-order valence-electron chi connectivity index (χ0n) is 6.96. The molecule has 66 valence electrons. The van der Waals surface area contributed by atoms with E-state index in [0.29, 0.717) is 13.2 Å². The zero-order valence-corrected chi connectivity index (χ0v) is 6.96. The van der Waals surface area contributed by atoms with Crippen molar-refractivity contribution < 1.29 is 19.3 Å². The van der Waals surface area contributed by atoms with Gasteiger partial charge in [-0.2, -0.15) is 4.89 Å². The van der Waals surface area contributed by atoms with Crippen LogP contribution in [0.3, 0.4) is 0 Å². The third-order valence-electron chi connectivity index (χ3n) is 0.963. The van der Waals surface area contributed by atoms with E-state index in [2.05, 4.69) is 14.5 Å². The van der Waals surface area contributed by atoms with Gasteiger partial charge in [0.15, 0.2) is 0 Å². The SMILES string of the molecule is CCCCOC(=O)OOCC. The summed E-state index contributed by atoms with van der Waals surface area (Å²) in [6.45, 7) is 4.46. The highest BCUT2D eigenvalue weighted by Gasteiger charge is 2.02. The van der Waals surface area contributed by atoms with E-state index in [-0.39, 0.29) is 0 Å². The second-order valence-electron chi connectivity index (χ2n) is 1.94. The average Bonchev–Trinajstić information content (AvgIpc) is 2.01. The molecule has 0 bridgehead atoms. The molecule has 11 heavy (non-hydrogen) atoms. The van der Waals surface area contributed by atoms with Crippen molar-refractivity contribution in [3.05, 3.63) is 0 Å². The zero-order chi connectivity index (χ0) is 8.53. The van der Waals surface area contributed by atoms with Gasteiger partial charge in [0.1, 0.15) is 0 Å². The van der Waals surface area contributed by atoms with E-state index < -0.39 is 6.16 Å². The van der Waals surface area contributed by atoms with Crippen molar-refractivity contribution >= 4 is 6.16 Å². The summed E-state index contributed by atoms with van der Waals surface area (Å²) in [7, 11) is 0. The molecule has 0 aromatic carbocycles. The lowest BCUT2D eigenvalue weighted by molar-refractivity contribution is -0.251. The fraction of sp³-hybridized carbons (Fsp3) is 0.857. The molecule has 0 aromatic heterocycles. The molecule has 0 fully saturated rings. The van der Waals surface area contributed by atoms with Crippen molar-refractivity contribution in [2.75, 3.05) is 13.2 Å². The van der Waals surface area contributed by atoms with Crippen LogP contribution in [-0.4, -0.2) is 19.4 Å². The lowest BCUT2D eigenvalue weighted by atomic mass is 10.4. The molecule has 0 rings (SSSR count). The summed E-state index contributed by atoms with van der Waals surface area (Å²) in [6, 6.07) is 0. The molecule has 0 radical (unpaired) electrons. The van der Waals surface area contributed by atoms with E-state index in [1.807, 2.05) is 6.92 Å². The van der Waals surface area contributed by atoms with Crippen molar-refractivity contribution in [1.82, 2.24) is 0 Å². The van der Waals surface area contributed by atoms with E-state index in [0.717, 1.165) is 12.8 Å². The van der Waals surface area contributed by atoms with Crippen molar-refractivity contribution in [3.8, 4) is 0 Å². The first kappa shape index (κ1) is 10.2. The van der Waals surface area contributed by atoms with Crippen LogP contribution < -0.4 is 0 Å². The standard InChI is InChI=1S/C7H14O4/c1-3-5-6-9-7(8)11-10-4-2/h3-6H2,1-2H3. The molecule has 0 saturated heterocycles. The minimum absolute atomic E-state index is 0.336. The molecule has 0 aliphatic heterocycles. The van der Waals surface area contributed by atoms with E-state index >= 15 is 0 Å². The fourth-order valence-corrected chi connectivity index (χ4v) is 0.431. The summed E-state index contributed by atoms with van der Waals surface area (Å²) < 4.78 is 4.60. The molecular formula is C7H14O4. The number of carbonyl (C=O) groups excluding carboxylic acids is 1.